The minimum absolute atomic E-state index is 0.0532. The lowest BCUT2D eigenvalue weighted by atomic mass is 10.1. The van der Waals surface area contributed by atoms with Crippen molar-refractivity contribution in [2.75, 3.05) is 11.9 Å². The normalized spacial score (nSPS) is 20.3. The molecule has 0 unspecified atom stereocenters. The molecule has 112 valence electrons. The van der Waals surface area contributed by atoms with E-state index in [2.05, 4.69) is 10.6 Å². The van der Waals surface area contributed by atoms with E-state index in [-0.39, 0.29) is 18.6 Å². The number of amides is 2. The fourth-order valence-corrected chi connectivity index (χ4v) is 2.38. The Kier molecular flexibility index (Phi) is 4.75. The third-order valence-corrected chi connectivity index (χ3v) is 3.56. The van der Waals surface area contributed by atoms with Gasteiger partial charge in [0.15, 0.2) is 0 Å². The molecule has 3 N–H and O–H groups in total. The molecule has 1 aliphatic rings. The Balaban J connectivity index is 1.91. The van der Waals surface area contributed by atoms with Crippen LogP contribution in [0.2, 0.25) is 0 Å². The fraction of sp³-hybridized carbons (Fsp3) is 0.375. The first-order valence-corrected chi connectivity index (χ1v) is 6.98. The van der Waals surface area contributed by atoms with Crippen molar-refractivity contribution in [1.29, 1.82) is 0 Å². The number of hydrogen-bond acceptors (Lipinski definition) is 3. The lowest BCUT2D eigenvalue weighted by Crippen LogP contribution is -2.40. The van der Waals surface area contributed by atoms with Gasteiger partial charge >= 0.3 is 11.8 Å². The molecule has 2 amide bonds. The van der Waals surface area contributed by atoms with Crippen LogP contribution in [0.5, 0.6) is 0 Å². The van der Waals surface area contributed by atoms with Crippen LogP contribution in [0.25, 0.3) is 0 Å². The molecule has 0 saturated carbocycles. The van der Waals surface area contributed by atoms with Crippen molar-refractivity contribution in [3.63, 3.8) is 0 Å². The third kappa shape index (κ3) is 3.92. The lowest BCUT2D eigenvalue weighted by molar-refractivity contribution is -0.136. The summed E-state index contributed by atoms with van der Waals surface area (Å²) >= 11 is 0. The van der Waals surface area contributed by atoms with Gasteiger partial charge in [-0.2, -0.15) is 0 Å². The highest BCUT2D eigenvalue weighted by Gasteiger charge is 2.23. The van der Waals surface area contributed by atoms with E-state index in [1.807, 2.05) is 38.1 Å². The molecule has 2 atom stereocenters. The molecule has 1 aromatic carbocycles. The number of aliphatic hydroxyl groups excluding tert-OH is 1. The Morgan fingerprint density at radius 3 is 2.62 bits per heavy atom. The zero-order valence-electron chi connectivity index (χ0n) is 12.2. The molecule has 0 spiro atoms. The predicted octanol–water partition coefficient (Wildman–Crippen LogP) is 1.30. The van der Waals surface area contributed by atoms with Gasteiger partial charge in [0.05, 0.1) is 0 Å². The molecule has 0 fully saturated rings. The topological polar surface area (TPSA) is 78.4 Å². The molecule has 1 aliphatic carbocycles. The molecule has 5 heteroatoms. The van der Waals surface area contributed by atoms with Gasteiger partial charge in [0, 0.05) is 24.3 Å². The van der Waals surface area contributed by atoms with Crippen LogP contribution in [0.15, 0.2) is 30.4 Å². The van der Waals surface area contributed by atoms with E-state index in [9.17, 15) is 9.59 Å². The van der Waals surface area contributed by atoms with Crippen LogP contribution in [0.1, 0.15) is 17.5 Å². The van der Waals surface area contributed by atoms with Gasteiger partial charge in [-0.3, -0.25) is 9.59 Å². The van der Waals surface area contributed by atoms with Gasteiger partial charge in [0.2, 0.25) is 0 Å². The number of benzene rings is 1. The standard InChI is InChI=1S/C16H20N2O3/c1-10-3-6-14(11(2)7-10)18-16(21)15(20)17-13-5-4-12(8-13)9-19/h3-7,12-13,19H,8-9H2,1-2H3,(H,17,20)(H,18,21)/t12-,13+/m0/s1. The zero-order chi connectivity index (χ0) is 15.4. The summed E-state index contributed by atoms with van der Waals surface area (Å²) in [4.78, 5) is 23.7. The van der Waals surface area contributed by atoms with Crippen LogP contribution in [-0.2, 0) is 9.59 Å². The highest BCUT2D eigenvalue weighted by atomic mass is 16.3. The number of hydrogen-bond donors (Lipinski definition) is 3. The summed E-state index contributed by atoms with van der Waals surface area (Å²) in [5.41, 5.74) is 2.65. The largest absolute Gasteiger partial charge is 0.396 e. The first-order valence-electron chi connectivity index (χ1n) is 6.98. The van der Waals surface area contributed by atoms with Gasteiger partial charge in [0.1, 0.15) is 0 Å². The first kappa shape index (κ1) is 15.3. The first-order chi connectivity index (χ1) is 9.99. The summed E-state index contributed by atoms with van der Waals surface area (Å²) in [6.07, 6.45) is 4.29. The molecule has 0 bridgehead atoms. The van der Waals surface area contributed by atoms with Crippen LogP contribution < -0.4 is 10.6 Å². The second-order valence-electron chi connectivity index (χ2n) is 5.42. The van der Waals surface area contributed by atoms with Crippen LogP contribution in [-0.4, -0.2) is 29.6 Å². The van der Waals surface area contributed by atoms with Gasteiger partial charge in [-0.1, -0.05) is 29.8 Å². The molecule has 21 heavy (non-hydrogen) atoms. The molecule has 0 saturated heterocycles. The van der Waals surface area contributed by atoms with Crippen molar-refractivity contribution in [2.45, 2.75) is 26.3 Å². The van der Waals surface area contributed by atoms with E-state index >= 15 is 0 Å². The second-order valence-corrected chi connectivity index (χ2v) is 5.42. The van der Waals surface area contributed by atoms with Crippen LogP contribution in [0.3, 0.4) is 0 Å². The van der Waals surface area contributed by atoms with Crippen molar-refractivity contribution in [2.24, 2.45) is 5.92 Å². The monoisotopic (exact) mass is 288 g/mol. The Labute approximate surface area is 124 Å². The quantitative estimate of drug-likeness (QED) is 0.579. The molecule has 1 aromatic rings. The fourth-order valence-electron chi connectivity index (χ4n) is 2.38. The number of aliphatic hydroxyl groups is 1. The molecule has 0 radical (unpaired) electrons. The molecule has 5 nitrogen and oxygen atoms in total. The molecule has 0 heterocycles. The van der Waals surface area contributed by atoms with Crippen LogP contribution in [0, 0.1) is 19.8 Å². The van der Waals surface area contributed by atoms with Crippen molar-refractivity contribution < 1.29 is 14.7 Å². The number of carbonyl (C=O) groups excluding carboxylic acids is 2. The Hall–Kier alpha value is -2.14. The Bertz CT molecular complexity index is 581. The Morgan fingerprint density at radius 1 is 1.24 bits per heavy atom. The number of nitrogens with one attached hydrogen (secondary N) is 2. The van der Waals surface area contributed by atoms with Crippen LogP contribution >= 0.6 is 0 Å². The highest BCUT2D eigenvalue weighted by Crippen LogP contribution is 2.18. The summed E-state index contributed by atoms with van der Waals surface area (Å²) in [6.45, 7) is 3.90. The molecule has 0 aromatic heterocycles. The highest BCUT2D eigenvalue weighted by molar-refractivity contribution is 6.39. The van der Waals surface area contributed by atoms with E-state index in [0.717, 1.165) is 11.1 Å². The minimum atomic E-state index is -0.678. The van der Waals surface area contributed by atoms with Gasteiger partial charge in [-0.15, -0.1) is 0 Å². The van der Waals surface area contributed by atoms with E-state index in [0.29, 0.717) is 12.1 Å². The summed E-state index contributed by atoms with van der Waals surface area (Å²) in [7, 11) is 0. The van der Waals surface area contributed by atoms with Crippen molar-refractivity contribution in [3.8, 4) is 0 Å². The van der Waals surface area contributed by atoms with Crippen LogP contribution in [0.4, 0.5) is 5.69 Å². The molecule has 0 aliphatic heterocycles. The zero-order valence-corrected chi connectivity index (χ0v) is 12.2. The molecular formula is C16H20N2O3. The maximum Gasteiger partial charge on any atom is 0.313 e. The summed E-state index contributed by atoms with van der Waals surface area (Å²) in [6, 6.07) is 5.41. The van der Waals surface area contributed by atoms with Gasteiger partial charge in [-0.05, 0) is 31.9 Å². The lowest BCUT2D eigenvalue weighted by Gasteiger charge is -2.13. The average Bonchev–Trinajstić information content (AvgIpc) is 2.89. The number of anilines is 1. The summed E-state index contributed by atoms with van der Waals surface area (Å²) < 4.78 is 0. The average molecular weight is 288 g/mol. The second kappa shape index (κ2) is 6.54. The maximum atomic E-state index is 11.9. The van der Waals surface area contributed by atoms with Gasteiger partial charge < -0.3 is 15.7 Å². The molecule has 2 rings (SSSR count). The van der Waals surface area contributed by atoms with Crippen molar-refractivity contribution in [3.05, 3.63) is 41.5 Å². The van der Waals surface area contributed by atoms with Crippen molar-refractivity contribution >= 4 is 17.5 Å². The molecular weight excluding hydrogens is 268 g/mol. The van der Waals surface area contributed by atoms with Crippen molar-refractivity contribution in [1.82, 2.24) is 5.32 Å². The van der Waals surface area contributed by atoms with Gasteiger partial charge in [0.25, 0.3) is 0 Å². The number of carbonyl (C=O) groups is 2. The van der Waals surface area contributed by atoms with Gasteiger partial charge in [-0.25, -0.2) is 0 Å². The third-order valence-electron chi connectivity index (χ3n) is 3.56. The SMILES string of the molecule is Cc1ccc(NC(=O)C(=O)N[C@@H]2C=C[C@H](CO)C2)c(C)c1. The van der Waals surface area contributed by atoms with E-state index in [4.69, 9.17) is 5.11 Å². The predicted molar refractivity (Wildman–Crippen MR) is 80.8 cm³/mol. The minimum Gasteiger partial charge on any atom is -0.396 e. The number of aryl methyl sites for hydroxylation is 2. The maximum absolute atomic E-state index is 11.9. The number of rotatable bonds is 3. The Morgan fingerprint density at radius 2 is 2.00 bits per heavy atom. The van der Waals surface area contributed by atoms with E-state index in [1.54, 1.807) is 6.07 Å². The van der Waals surface area contributed by atoms with E-state index in [1.165, 1.54) is 0 Å². The smallest absolute Gasteiger partial charge is 0.313 e. The summed E-state index contributed by atoms with van der Waals surface area (Å²) in [5.74, 6) is -1.29. The van der Waals surface area contributed by atoms with E-state index < -0.39 is 11.8 Å². The summed E-state index contributed by atoms with van der Waals surface area (Å²) in [5, 5.41) is 14.3.